The first-order chi connectivity index (χ1) is 12.1. The van der Waals surface area contributed by atoms with Gasteiger partial charge in [0.25, 0.3) is 5.91 Å². The first kappa shape index (κ1) is 16.2. The number of ether oxygens (including phenoxy) is 2. The van der Waals surface area contributed by atoms with Crippen LogP contribution in [0.2, 0.25) is 5.02 Å². The summed E-state index contributed by atoms with van der Waals surface area (Å²) in [6.45, 7) is 3.05. The van der Waals surface area contributed by atoms with Crippen molar-refractivity contribution in [1.82, 2.24) is 4.98 Å². The summed E-state index contributed by atoms with van der Waals surface area (Å²) in [5, 5.41) is 4.26. The molecule has 1 aromatic heterocycles. The number of thiazole rings is 1. The molecule has 0 bridgehead atoms. The fourth-order valence-corrected chi connectivity index (χ4v) is 3.81. The molecule has 1 aliphatic heterocycles. The van der Waals surface area contributed by atoms with E-state index in [0.29, 0.717) is 41.0 Å². The molecular formula is C18H15ClN2O3S. The number of fused-ring (bicyclic) bond motifs is 2. The Morgan fingerprint density at radius 2 is 2.08 bits per heavy atom. The first-order valence-corrected chi connectivity index (χ1v) is 9.07. The van der Waals surface area contributed by atoms with Crippen LogP contribution in [0.25, 0.3) is 10.2 Å². The number of hydrogen-bond acceptors (Lipinski definition) is 5. The summed E-state index contributed by atoms with van der Waals surface area (Å²) in [6, 6.07) is 8.92. The fourth-order valence-electron chi connectivity index (χ4n) is 2.68. The van der Waals surface area contributed by atoms with Crippen LogP contribution in [0, 0.1) is 6.92 Å². The van der Waals surface area contributed by atoms with Crippen LogP contribution in [0.15, 0.2) is 30.3 Å². The summed E-state index contributed by atoms with van der Waals surface area (Å²) in [5.74, 6) is 0.749. The highest BCUT2D eigenvalue weighted by molar-refractivity contribution is 7.18. The van der Waals surface area contributed by atoms with Crippen LogP contribution >= 0.6 is 22.9 Å². The second kappa shape index (κ2) is 6.54. The van der Waals surface area contributed by atoms with Crippen LogP contribution in [-0.4, -0.2) is 24.1 Å². The number of anilines is 1. The smallest absolute Gasteiger partial charge is 0.255 e. The predicted octanol–water partition coefficient (Wildman–Crippen LogP) is 4.67. The highest BCUT2D eigenvalue weighted by atomic mass is 35.5. The average molecular weight is 375 g/mol. The van der Waals surface area contributed by atoms with Crippen LogP contribution in [0.5, 0.6) is 11.5 Å². The summed E-state index contributed by atoms with van der Waals surface area (Å²) in [4.78, 5) is 17.0. The lowest BCUT2D eigenvalue weighted by Crippen LogP contribution is -2.12. The molecule has 0 saturated heterocycles. The maximum Gasteiger partial charge on any atom is 0.255 e. The minimum absolute atomic E-state index is 0.252. The molecule has 0 spiro atoms. The zero-order valence-electron chi connectivity index (χ0n) is 13.5. The van der Waals surface area contributed by atoms with Crippen LogP contribution in [-0.2, 0) is 0 Å². The third kappa shape index (κ3) is 3.27. The minimum atomic E-state index is -0.252. The van der Waals surface area contributed by atoms with Gasteiger partial charge in [0.15, 0.2) is 11.5 Å². The molecule has 1 amide bonds. The van der Waals surface area contributed by atoms with Gasteiger partial charge in [-0.1, -0.05) is 11.6 Å². The highest BCUT2D eigenvalue weighted by Crippen LogP contribution is 2.38. The van der Waals surface area contributed by atoms with E-state index in [-0.39, 0.29) is 5.91 Å². The van der Waals surface area contributed by atoms with E-state index in [9.17, 15) is 4.79 Å². The molecule has 0 radical (unpaired) electrons. The van der Waals surface area contributed by atoms with Crippen molar-refractivity contribution < 1.29 is 14.3 Å². The molecule has 4 rings (SSSR count). The van der Waals surface area contributed by atoms with Gasteiger partial charge >= 0.3 is 0 Å². The number of carbonyl (C=O) groups is 1. The van der Waals surface area contributed by atoms with Crippen molar-refractivity contribution in [3.05, 3.63) is 45.9 Å². The average Bonchev–Trinajstić information content (AvgIpc) is 2.79. The normalized spacial score (nSPS) is 13.5. The number of hydrogen-bond donors (Lipinski definition) is 1. The van der Waals surface area contributed by atoms with Gasteiger partial charge in [0.1, 0.15) is 0 Å². The molecule has 3 aromatic rings. The van der Waals surface area contributed by atoms with E-state index in [1.807, 2.05) is 25.1 Å². The van der Waals surface area contributed by atoms with Crippen molar-refractivity contribution in [2.24, 2.45) is 0 Å². The van der Waals surface area contributed by atoms with Gasteiger partial charge < -0.3 is 14.8 Å². The van der Waals surface area contributed by atoms with Gasteiger partial charge in [-0.3, -0.25) is 4.79 Å². The molecule has 0 aliphatic carbocycles. The SMILES string of the molecule is Cc1nc2ccc(NC(=O)c3cc(Cl)c4c(c3)OCCCO4)cc2s1. The molecule has 1 aliphatic rings. The molecule has 0 fully saturated rings. The molecular weight excluding hydrogens is 360 g/mol. The van der Waals surface area contributed by atoms with E-state index in [1.54, 1.807) is 23.5 Å². The second-order valence-corrected chi connectivity index (χ2v) is 7.35. The van der Waals surface area contributed by atoms with Gasteiger partial charge in [0.2, 0.25) is 0 Å². The molecule has 2 aromatic carbocycles. The van der Waals surface area contributed by atoms with E-state index in [1.165, 1.54) is 0 Å². The maximum absolute atomic E-state index is 12.6. The zero-order chi connectivity index (χ0) is 17.4. The van der Waals surface area contributed by atoms with Crippen molar-refractivity contribution in [2.75, 3.05) is 18.5 Å². The molecule has 0 saturated carbocycles. The topological polar surface area (TPSA) is 60.5 Å². The zero-order valence-corrected chi connectivity index (χ0v) is 15.0. The Bertz CT molecular complexity index is 970. The second-order valence-electron chi connectivity index (χ2n) is 5.71. The van der Waals surface area contributed by atoms with Gasteiger partial charge in [-0.2, -0.15) is 0 Å². The fraction of sp³-hybridized carbons (Fsp3) is 0.222. The number of nitrogens with one attached hydrogen (secondary N) is 1. The van der Waals surface area contributed by atoms with Crippen molar-refractivity contribution in [1.29, 1.82) is 0 Å². The summed E-state index contributed by atoms with van der Waals surface area (Å²) >= 11 is 7.85. The molecule has 7 heteroatoms. The van der Waals surface area contributed by atoms with Crippen molar-refractivity contribution in [2.45, 2.75) is 13.3 Å². The Morgan fingerprint density at radius 1 is 1.24 bits per heavy atom. The van der Waals surface area contributed by atoms with Gasteiger partial charge in [-0.15, -0.1) is 11.3 Å². The number of benzene rings is 2. The number of aromatic nitrogens is 1. The number of nitrogens with zero attached hydrogens (tertiary/aromatic N) is 1. The molecule has 0 unspecified atom stereocenters. The lowest BCUT2D eigenvalue weighted by atomic mass is 10.1. The molecule has 0 atom stereocenters. The lowest BCUT2D eigenvalue weighted by molar-refractivity contribution is 0.102. The lowest BCUT2D eigenvalue weighted by Gasteiger charge is -2.12. The number of carbonyl (C=O) groups excluding carboxylic acids is 1. The van der Waals surface area contributed by atoms with Gasteiger partial charge in [-0.05, 0) is 37.3 Å². The highest BCUT2D eigenvalue weighted by Gasteiger charge is 2.18. The number of rotatable bonds is 2. The van der Waals surface area contributed by atoms with E-state index in [4.69, 9.17) is 21.1 Å². The quantitative estimate of drug-likeness (QED) is 0.708. The van der Waals surface area contributed by atoms with Crippen LogP contribution in [0.3, 0.4) is 0 Å². The largest absolute Gasteiger partial charge is 0.489 e. The minimum Gasteiger partial charge on any atom is -0.489 e. The molecule has 128 valence electrons. The Hall–Kier alpha value is -2.31. The Labute approximate surface area is 153 Å². The van der Waals surface area contributed by atoms with Gasteiger partial charge in [-0.25, -0.2) is 4.98 Å². The van der Waals surface area contributed by atoms with Crippen LogP contribution in [0.4, 0.5) is 5.69 Å². The number of amides is 1. The van der Waals surface area contributed by atoms with E-state index in [2.05, 4.69) is 10.3 Å². The van der Waals surface area contributed by atoms with Crippen molar-refractivity contribution in [3.63, 3.8) is 0 Å². The standard InChI is InChI=1S/C18H15ClN2O3S/c1-10-20-14-4-3-12(9-16(14)25-10)21-18(22)11-7-13(19)17-15(8-11)23-5-2-6-24-17/h3-4,7-9H,2,5-6H2,1H3,(H,21,22). The van der Waals surface area contributed by atoms with Gasteiger partial charge in [0, 0.05) is 17.7 Å². The molecule has 1 N–H and O–H groups in total. The monoisotopic (exact) mass is 374 g/mol. The third-order valence-electron chi connectivity index (χ3n) is 3.82. The summed E-state index contributed by atoms with van der Waals surface area (Å²) in [6.07, 6.45) is 0.779. The molecule has 2 heterocycles. The van der Waals surface area contributed by atoms with E-state index < -0.39 is 0 Å². The third-order valence-corrected chi connectivity index (χ3v) is 5.03. The Morgan fingerprint density at radius 3 is 2.96 bits per heavy atom. The summed E-state index contributed by atoms with van der Waals surface area (Å²) in [5.41, 5.74) is 2.07. The Balaban J connectivity index is 1.61. The van der Waals surface area contributed by atoms with Crippen molar-refractivity contribution in [3.8, 4) is 11.5 Å². The maximum atomic E-state index is 12.6. The Kier molecular flexibility index (Phi) is 4.23. The summed E-state index contributed by atoms with van der Waals surface area (Å²) < 4.78 is 12.3. The summed E-state index contributed by atoms with van der Waals surface area (Å²) in [7, 11) is 0. The number of aryl methyl sites for hydroxylation is 1. The van der Waals surface area contributed by atoms with Gasteiger partial charge in [0.05, 0.1) is 33.5 Å². The van der Waals surface area contributed by atoms with E-state index in [0.717, 1.165) is 21.6 Å². The van der Waals surface area contributed by atoms with Crippen LogP contribution in [0.1, 0.15) is 21.8 Å². The molecule has 25 heavy (non-hydrogen) atoms. The predicted molar refractivity (Wildman–Crippen MR) is 99.4 cm³/mol. The first-order valence-electron chi connectivity index (χ1n) is 7.88. The van der Waals surface area contributed by atoms with E-state index >= 15 is 0 Å². The van der Waals surface area contributed by atoms with Crippen LogP contribution < -0.4 is 14.8 Å². The molecule has 5 nitrogen and oxygen atoms in total. The number of halogens is 1. The van der Waals surface area contributed by atoms with Crippen molar-refractivity contribution >= 4 is 44.7 Å².